The lowest BCUT2D eigenvalue weighted by atomic mass is 9.97. The number of carbonyl (C=O) groups is 1. The average molecular weight is 321 g/mol. The zero-order valence-corrected chi connectivity index (χ0v) is 13.6. The predicted molar refractivity (Wildman–Crippen MR) is 90.4 cm³/mol. The molecular weight excluding hydrogens is 302 g/mol. The van der Waals surface area contributed by atoms with Crippen LogP contribution >= 0.6 is 23.1 Å². The minimum absolute atomic E-state index is 0.0691. The molecule has 1 saturated heterocycles. The van der Waals surface area contributed by atoms with E-state index in [1.807, 2.05) is 43.0 Å². The fourth-order valence-electron chi connectivity index (χ4n) is 2.64. The highest BCUT2D eigenvalue weighted by atomic mass is 32.2. The molecule has 2 heterocycles. The molecule has 112 valence electrons. The molecule has 3 nitrogen and oxygen atoms in total. The summed E-state index contributed by atoms with van der Waals surface area (Å²) in [7, 11) is 0. The molecule has 21 heavy (non-hydrogen) atoms. The summed E-state index contributed by atoms with van der Waals surface area (Å²) in [5.74, 6) is 1.86. The average Bonchev–Trinajstić information content (AvgIpc) is 2.84. The molecule has 0 saturated carbocycles. The number of amides is 1. The van der Waals surface area contributed by atoms with Gasteiger partial charge in [0.05, 0.1) is 10.5 Å². The number of carbonyl (C=O) groups excluding carboxylic acids is 1. The predicted octanol–water partition coefficient (Wildman–Crippen LogP) is 3.20. The largest absolute Gasteiger partial charge is 0.388 e. The van der Waals surface area contributed by atoms with Gasteiger partial charge < -0.3 is 10.4 Å². The second-order valence-corrected chi connectivity index (χ2v) is 7.85. The van der Waals surface area contributed by atoms with Crippen LogP contribution < -0.4 is 5.32 Å². The molecular formula is C16H19NO2S2. The fraction of sp³-hybridized carbons (Fsp3) is 0.438. The summed E-state index contributed by atoms with van der Waals surface area (Å²) < 4.78 is 1.13. The lowest BCUT2D eigenvalue weighted by Crippen LogP contribution is -2.45. The van der Waals surface area contributed by atoms with Crippen LogP contribution in [-0.2, 0) is 0 Å². The van der Waals surface area contributed by atoms with Crippen molar-refractivity contribution in [3.63, 3.8) is 0 Å². The Balaban J connectivity index is 1.73. The van der Waals surface area contributed by atoms with Crippen LogP contribution in [0.2, 0.25) is 0 Å². The van der Waals surface area contributed by atoms with Crippen LogP contribution in [0.5, 0.6) is 0 Å². The van der Waals surface area contributed by atoms with Crippen LogP contribution in [0.15, 0.2) is 24.3 Å². The second kappa shape index (κ2) is 5.99. The Kier molecular flexibility index (Phi) is 4.24. The molecule has 0 spiro atoms. The van der Waals surface area contributed by atoms with E-state index < -0.39 is 5.60 Å². The maximum atomic E-state index is 12.4. The lowest BCUT2D eigenvalue weighted by molar-refractivity contribution is 0.0312. The molecule has 1 aromatic heterocycles. The lowest BCUT2D eigenvalue weighted by Gasteiger charge is -2.31. The maximum Gasteiger partial charge on any atom is 0.261 e. The molecule has 2 aromatic rings. The Morgan fingerprint density at radius 3 is 2.76 bits per heavy atom. The van der Waals surface area contributed by atoms with Crippen LogP contribution in [-0.4, -0.2) is 34.7 Å². The number of thiophene rings is 1. The highest BCUT2D eigenvalue weighted by Crippen LogP contribution is 2.31. The van der Waals surface area contributed by atoms with E-state index in [4.69, 9.17) is 0 Å². The zero-order valence-electron chi connectivity index (χ0n) is 12.0. The number of aryl methyl sites for hydroxylation is 1. The Morgan fingerprint density at radius 1 is 1.33 bits per heavy atom. The molecule has 0 aliphatic carbocycles. The van der Waals surface area contributed by atoms with E-state index in [0.29, 0.717) is 6.54 Å². The topological polar surface area (TPSA) is 49.3 Å². The molecule has 1 amide bonds. The number of hydrogen-bond donors (Lipinski definition) is 2. The smallest absolute Gasteiger partial charge is 0.261 e. The van der Waals surface area contributed by atoms with E-state index >= 15 is 0 Å². The number of thioether (sulfide) groups is 1. The quantitative estimate of drug-likeness (QED) is 0.913. The van der Waals surface area contributed by atoms with Gasteiger partial charge in [0.1, 0.15) is 0 Å². The van der Waals surface area contributed by atoms with Gasteiger partial charge in [-0.3, -0.25) is 4.79 Å². The van der Waals surface area contributed by atoms with Gasteiger partial charge >= 0.3 is 0 Å². The van der Waals surface area contributed by atoms with Crippen molar-refractivity contribution in [1.29, 1.82) is 0 Å². The highest BCUT2D eigenvalue weighted by Gasteiger charge is 2.30. The third kappa shape index (κ3) is 3.10. The highest BCUT2D eigenvalue weighted by molar-refractivity contribution is 7.99. The fourth-order valence-corrected chi connectivity index (χ4v) is 5.02. The monoisotopic (exact) mass is 321 g/mol. The molecule has 5 heteroatoms. The summed E-state index contributed by atoms with van der Waals surface area (Å²) >= 11 is 3.38. The van der Waals surface area contributed by atoms with Gasteiger partial charge in [0.25, 0.3) is 5.91 Å². The second-order valence-electron chi connectivity index (χ2n) is 5.57. The summed E-state index contributed by atoms with van der Waals surface area (Å²) in [6.45, 7) is 2.33. The maximum absolute atomic E-state index is 12.4. The summed E-state index contributed by atoms with van der Waals surface area (Å²) in [6.07, 6.45) is 1.51. The summed E-state index contributed by atoms with van der Waals surface area (Å²) in [6, 6.07) is 8.06. The Bertz CT molecular complexity index is 659. The van der Waals surface area contributed by atoms with Crippen molar-refractivity contribution in [2.24, 2.45) is 0 Å². The number of rotatable bonds is 3. The number of fused-ring (bicyclic) bond motifs is 1. The summed E-state index contributed by atoms with van der Waals surface area (Å²) in [5.41, 5.74) is 0.296. The van der Waals surface area contributed by atoms with Crippen molar-refractivity contribution in [1.82, 2.24) is 5.32 Å². The minimum Gasteiger partial charge on any atom is -0.388 e. The van der Waals surface area contributed by atoms with Gasteiger partial charge in [-0.25, -0.2) is 0 Å². The van der Waals surface area contributed by atoms with Crippen LogP contribution in [0.1, 0.15) is 28.1 Å². The van der Waals surface area contributed by atoms with Crippen LogP contribution in [0.3, 0.4) is 0 Å². The molecule has 1 aromatic carbocycles. The van der Waals surface area contributed by atoms with Gasteiger partial charge in [-0.05, 0) is 48.3 Å². The number of aliphatic hydroxyl groups is 1. The van der Waals surface area contributed by atoms with Crippen molar-refractivity contribution < 1.29 is 9.90 Å². The van der Waals surface area contributed by atoms with Crippen LogP contribution in [0.25, 0.3) is 10.1 Å². The normalized spacial score (nSPS) is 17.8. The molecule has 0 unspecified atom stereocenters. The van der Waals surface area contributed by atoms with E-state index in [1.165, 1.54) is 11.3 Å². The van der Waals surface area contributed by atoms with Crippen molar-refractivity contribution in [2.45, 2.75) is 25.4 Å². The van der Waals surface area contributed by atoms with Gasteiger partial charge in [0.15, 0.2) is 0 Å². The van der Waals surface area contributed by atoms with Gasteiger partial charge in [-0.1, -0.05) is 18.2 Å². The standard InChI is InChI=1S/C16H19NO2S2/c1-11-12-4-2-3-5-13(12)21-14(11)15(18)17-10-16(19)6-8-20-9-7-16/h2-5,19H,6-10H2,1H3,(H,17,18). The first-order chi connectivity index (χ1) is 10.1. The molecule has 1 aliphatic rings. The van der Waals surface area contributed by atoms with Crippen LogP contribution in [0.4, 0.5) is 0 Å². The van der Waals surface area contributed by atoms with Gasteiger partial charge in [0, 0.05) is 11.2 Å². The Hall–Kier alpha value is -1.04. The van der Waals surface area contributed by atoms with E-state index in [0.717, 1.165) is 44.9 Å². The first kappa shape index (κ1) is 14.9. The van der Waals surface area contributed by atoms with Crippen molar-refractivity contribution in [3.8, 4) is 0 Å². The molecule has 0 atom stereocenters. The molecule has 0 bridgehead atoms. The van der Waals surface area contributed by atoms with E-state index in [1.54, 1.807) is 0 Å². The van der Waals surface area contributed by atoms with Gasteiger partial charge in [0.2, 0.25) is 0 Å². The third-order valence-electron chi connectivity index (χ3n) is 4.05. The summed E-state index contributed by atoms with van der Waals surface area (Å²) in [4.78, 5) is 13.2. The number of benzene rings is 1. The van der Waals surface area contributed by atoms with Crippen molar-refractivity contribution in [2.75, 3.05) is 18.1 Å². The van der Waals surface area contributed by atoms with Crippen molar-refractivity contribution in [3.05, 3.63) is 34.7 Å². The van der Waals surface area contributed by atoms with Gasteiger partial charge in [-0.15, -0.1) is 11.3 Å². The Morgan fingerprint density at radius 2 is 2.05 bits per heavy atom. The SMILES string of the molecule is Cc1c(C(=O)NCC2(O)CCSCC2)sc2ccccc12. The molecule has 1 aliphatic heterocycles. The minimum atomic E-state index is -0.731. The molecule has 1 fully saturated rings. The third-order valence-corrected chi connectivity index (χ3v) is 6.31. The molecule has 0 radical (unpaired) electrons. The first-order valence-corrected chi connectivity index (χ1v) is 9.13. The first-order valence-electron chi connectivity index (χ1n) is 7.15. The molecule has 3 rings (SSSR count). The van der Waals surface area contributed by atoms with Crippen molar-refractivity contribution >= 4 is 39.1 Å². The van der Waals surface area contributed by atoms with Crippen LogP contribution in [0, 0.1) is 6.92 Å². The Labute approximate surface area is 132 Å². The number of hydrogen-bond acceptors (Lipinski definition) is 4. The summed E-state index contributed by atoms with van der Waals surface area (Å²) in [5, 5.41) is 14.5. The van der Waals surface area contributed by atoms with Gasteiger partial charge in [-0.2, -0.15) is 11.8 Å². The van der Waals surface area contributed by atoms with E-state index in [-0.39, 0.29) is 5.91 Å². The van der Waals surface area contributed by atoms with E-state index in [2.05, 4.69) is 5.32 Å². The van der Waals surface area contributed by atoms with E-state index in [9.17, 15) is 9.90 Å². The molecule has 2 N–H and O–H groups in total. The number of nitrogens with one attached hydrogen (secondary N) is 1. The zero-order chi connectivity index (χ0) is 14.9.